The summed E-state index contributed by atoms with van der Waals surface area (Å²) in [6.45, 7) is 0. The van der Waals surface area contributed by atoms with Crippen LogP contribution in [0.5, 0.6) is 0 Å². The van der Waals surface area contributed by atoms with Gasteiger partial charge in [0, 0.05) is 66.7 Å². The van der Waals surface area contributed by atoms with Gasteiger partial charge in [0.05, 0.1) is 50.0 Å². The molecule has 0 radical (unpaired) electrons. The molecule has 352 valence electrons. The Morgan fingerprint density at radius 3 is 1.38 bits per heavy atom. The molecule has 0 saturated heterocycles. The molecule has 0 atom stereocenters. The zero-order chi connectivity index (χ0) is 49.3. The molecule has 14 aromatic rings. The maximum Gasteiger partial charge on any atom is 0.240 e. The molecule has 1 aliphatic carbocycles. The van der Waals surface area contributed by atoms with Crippen molar-refractivity contribution in [2.75, 3.05) is 0 Å². The molecule has 0 saturated carbocycles. The Kier molecular flexibility index (Phi) is 9.07. The molecule has 11 heteroatoms. The van der Waals surface area contributed by atoms with Crippen molar-refractivity contribution in [2.45, 2.75) is 12.8 Å². The normalized spacial score (nSPS) is 12.7. The van der Waals surface area contributed by atoms with Crippen molar-refractivity contribution in [1.82, 2.24) is 33.2 Å². The molecule has 5 aromatic heterocycles. The summed E-state index contributed by atoms with van der Waals surface area (Å²) in [6, 6.07) is 58.0. The van der Waals surface area contributed by atoms with E-state index >= 15 is 8.78 Å². The minimum absolute atomic E-state index is 0.219. The Morgan fingerprint density at radius 1 is 0.351 bits per heavy atom. The lowest BCUT2D eigenvalue weighted by atomic mass is 10.0. The number of rotatable bonds is 6. The number of hydrogen-bond donors (Lipinski definition) is 0. The Balaban J connectivity index is 1.04. The van der Waals surface area contributed by atoms with Crippen molar-refractivity contribution in [3.05, 3.63) is 229 Å². The van der Waals surface area contributed by atoms with Crippen molar-refractivity contribution in [2.24, 2.45) is 0 Å². The zero-order valence-electron chi connectivity index (χ0n) is 39.1. The van der Waals surface area contributed by atoms with Crippen LogP contribution in [0, 0.1) is 23.3 Å². The molecule has 9 aromatic carbocycles. The van der Waals surface area contributed by atoms with Gasteiger partial charge in [-0.2, -0.15) is 15.0 Å². The molecule has 5 heterocycles. The first-order valence-corrected chi connectivity index (χ1v) is 24.4. The smallest absolute Gasteiger partial charge is 0.240 e. The number of allylic oxidation sites excluding steroid dienone is 1. The van der Waals surface area contributed by atoms with E-state index in [4.69, 9.17) is 15.0 Å². The van der Waals surface area contributed by atoms with Crippen molar-refractivity contribution in [3.8, 4) is 45.8 Å². The second kappa shape index (κ2) is 15.9. The summed E-state index contributed by atoms with van der Waals surface area (Å²) in [5.41, 5.74) is 10.8. The summed E-state index contributed by atoms with van der Waals surface area (Å²) >= 11 is 0. The molecular formula is C63H37F4N7. The molecule has 15 rings (SSSR count). The largest absolute Gasteiger partial charge is 0.306 e. The van der Waals surface area contributed by atoms with Gasteiger partial charge in [-0.25, -0.2) is 17.6 Å². The number of aromatic nitrogens is 7. The van der Waals surface area contributed by atoms with Gasteiger partial charge in [0.25, 0.3) is 0 Å². The van der Waals surface area contributed by atoms with Gasteiger partial charge in [-0.05, 0) is 90.7 Å². The third-order valence-electron chi connectivity index (χ3n) is 14.8. The SMILES string of the molecule is Fc1ccc(-n2c3ccccc3c3cc4c5c(n(-c6nc(-c7ccc(-c8ccccc8)cc7)nc(-n7c8ccccc8c8cc9c%10ccccc%10n(-c%10ccc(F)cc%10F)c9cc87)n6)c4cc32)CCC=C5)c(F)c1. The Hall–Kier alpha value is -9.61. The Morgan fingerprint density at radius 2 is 0.811 bits per heavy atom. The van der Waals surface area contributed by atoms with E-state index < -0.39 is 23.3 Å². The maximum absolute atomic E-state index is 16.0. The van der Waals surface area contributed by atoms with Gasteiger partial charge in [-0.3, -0.25) is 9.13 Å². The molecule has 74 heavy (non-hydrogen) atoms. The molecule has 0 bridgehead atoms. The third kappa shape index (κ3) is 6.22. The average Bonchev–Trinajstić information content (AvgIpc) is 4.15. The number of hydrogen-bond acceptors (Lipinski definition) is 3. The number of benzene rings is 9. The van der Waals surface area contributed by atoms with E-state index in [0.29, 0.717) is 29.7 Å². The second-order valence-electron chi connectivity index (χ2n) is 18.9. The van der Waals surface area contributed by atoms with Gasteiger partial charge in [0.1, 0.15) is 23.3 Å². The van der Waals surface area contributed by atoms with Crippen LogP contribution in [0.25, 0.3) is 128 Å². The van der Waals surface area contributed by atoms with Crippen LogP contribution in [0.3, 0.4) is 0 Å². The minimum Gasteiger partial charge on any atom is -0.306 e. The fraction of sp³-hybridized carbons (Fsp3) is 0.0317. The summed E-state index contributed by atoms with van der Waals surface area (Å²) in [5, 5.41) is 6.54. The number of halogens is 4. The Bertz CT molecular complexity index is 4710. The predicted octanol–water partition coefficient (Wildman–Crippen LogP) is 16.0. The molecular weight excluding hydrogens is 931 g/mol. The fourth-order valence-corrected chi connectivity index (χ4v) is 11.5. The van der Waals surface area contributed by atoms with E-state index in [9.17, 15) is 8.78 Å². The van der Waals surface area contributed by atoms with Crippen molar-refractivity contribution in [3.63, 3.8) is 0 Å². The molecule has 1 aliphatic rings. The first-order chi connectivity index (χ1) is 36.3. The molecule has 7 nitrogen and oxygen atoms in total. The van der Waals surface area contributed by atoms with Crippen molar-refractivity contribution in [1.29, 1.82) is 0 Å². The van der Waals surface area contributed by atoms with Crippen LogP contribution >= 0.6 is 0 Å². The molecule has 0 amide bonds. The lowest BCUT2D eigenvalue weighted by Gasteiger charge is -2.15. The second-order valence-corrected chi connectivity index (χ2v) is 18.9. The highest BCUT2D eigenvalue weighted by Gasteiger charge is 2.27. The van der Waals surface area contributed by atoms with E-state index in [0.717, 1.165) is 117 Å². The van der Waals surface area contributed by atoms with Gasteiger partial charge >= 0.3 is 0 Å². The van der Waals surface area contributed by atoms with E-state index in [1.165, 1.54) is 24.3 Å². The summed E-state index contributed by atoms with van der Waals surface area (Å²) in [7, 11) is 0. The summed E-state index contributed by atoms with van der Waals surface area (Å²) in [6.07, 6.45) is 5.82. The van der Waals surface area contributed by atoms with Gasteiger partial charge < -0.3 is 9.13 Å². The first-order valence-electron chi connectivity index (χ1n) is 24.4. The highest BCUT2D eigenvalue weighted by Crippen LogP contribution is 2.43. The van der Waals surface area contributed by atoms with Crippen LogP contribution in [0.2, 0.25) is 0 Å². The van der Waals surface area contributed by atoms with Gasteiger partial charge in [-0.1, -0.05) is 121 Å². The number of para-hydroxylation sites is 3. The summed E-state index contributed by atoms with van der Waals surface area (Å²) in [5.74, 6) is -1.52. The van der Waals surface area contributed by atoms with Crippen LogP contribution in [-0.2, 0) is 6.42 Å². The van der Waals surface area contributed by atoms with Crippen LogP contribution in [0.4, 0.5) is 17.6 Å². The summed E-state index contributed by atoms with van der Waals surface area (Å²) in [4.78, 5) is 16.2. The lowest BCUT2D eigenvalue weighted by molar-refractivity contribution is 0.578. The lowest BCUT2D eigenvalue weighted by Crippen LogP contribution is -2.12. The van der Waals surface area contributed by atoms with Gasteiger partial charge in [-0.15, -0.1) is 0 Å². The molecule has 0 unspecified atom stereocenters. The molecule has 0 N–H and O–H groups in total. The minimum atomic E-state index is -0.684. The quantitative estimate of drug-likeness (QED) is 0.156. The highest BCUT2D eigenvalue weighted by atomic mass is 19.1. The standard InChI is InChI=1S/C63H37F4N7/c64-39-26-28-55(49(66)30-39)71-51-18-8-4-14-41(51)45-32-47-43-16-6-10-20-53(43)73(59(47)34-57(45)71)62-68-61(38-24-22-37(23-25-38)36-12-2-1-3-13-36)69-63(70-62)74-54-21-11-7-17-44(54)48-33-46-42-15-5-9-19-52(42)72(58(46)35-60(48)74)56-29-27-40(65)31-50(56)67/h1-10,12-20,22-35H,11,21H2. The van der Waals surface area contributed by atoms with Crippen molar-refractivity contribution >= 4 is 82.4 Å². The first kappa shape index (κ1) is 42.1. The van der Waals surface area contributed by atoms with Crippen LogP contribution in [-0.4, -0.2) is 33.2 Å². The van der Waals surface area contributed by atoms with Gasteiger partial charge in [0.15, 0.2) is 5.82 Å². The zero-order valence-corrected chi connectivity index (χ0v) is 39.1. The third-order valence-corrected chi connectivity index (χ3v) is 14.8. The monoisotopic (exact) mass is 967 g/mol. The van der Waals surface area contributed by atoms with E-state index in [1.807, 2.05) is 117 Å². The van der Waals surface area contributed by atoms with Crippen LogP contribution in [0.1, 0.15) is 17.7 Å². The number of nitrogens with zero attached hydrogens (tertiary/aromatic N) is 7. The molecule has 0 spiro atoms. The van der Waals surface area contributed by atoms with E-state index in [1.54, 1.807) is 0 Å². The topological polar surface area (TPSA) is 58.4 Å². The average molecular weight is 968 g/mol. The summed E-state index contributed by atoms with van der Waals surface area (Å²) < 4.78 is 68.8. The molecule has 0 aliphatic heterocycles. The van der Waals surface area contributed by atoms with Crippen LogP contribution in [0.15, 0.2) is 194 Å². The molecule has 0 fully saturated rings. The van der Waals surface area contributed by atoms with E-state index in [-0.39, 0.29) is 11.4 Å². The predicted molar refractivity (Wildman–Crippen MR) is 288 cm³/mol. The number of fused-ring (bicyclic) bond motifs is 12. The van der Waals surface area contributed by atoms with Crippen LogP contribution < -0.4 is 0 Å². The van der Waals surface area contributed by atoms with E-state index in [2.05, 4.69) is 65.3 Å². The maximum atomic E-state index is 16.0. The van der Waals surface area contributed by atoms with Crippen molar-refractivity contribution < 1.29 is 17.6 Å². The highest BCUT2D eigenvalue weighted by molar-refractivity contribution is 6.19. The fourth-order valence-electron chi connectivity index (χ4n) is 11.5. The van der Waals surface area contributed by atoms with Gasteiger partial charge in [0.2, 0.25) is 11.9 Å². The Labute approximate surface area is 418 Å².